The van der Waals surface area contributed by atoms with Gasteiger partial charge in [-0.05, 0) is 31.2 Å². The molecule has 2 amide bonds. The number of amides is 2. The van der Waals surface area contributed by atoms with Crippen LogP contribution in [0.1, 0.15) is 86.3 Å². The first kappa shape index (κ1) is 24.2. The minimum atomic E-state index is -0.864. The van der Waals surface area contributed by atoms with E-state index in [1.54, 1.807) is 9.58 Å². The second-order valence-electron chi connectivity index (χ2n) is 11.4. The monoisotopic (exact) mass is 521 g/mol. The molecule has 38 heavy (non-hydrogen) atoms. The number of rotatable bonds is 4. The summed E-state index contributed by atoms with van der Waals surface area (Å²) in [5, 5.41) is 11.7. The molecule has 10 nitrogen and oxygen atoms in total. The molecule has 202 valence electrons. The van der Waals surface area contributed by atoms with Crippen LogP contribution in [0.3, 0.4) is 0 Å². The zero-order chi connectivity index (χ0) is 25.7. The third kappa shape index (κ3) is 4.13. The van der Waals surface area contributed by atoms with E-state index in [-0.39, 0.29) is 24.4 Å². The molecule has 2 aliphatic carbocycles. The number of benzene rings is 1. The van der Waals surface area contributed by atoms with Crippen LogP contribution in [0.2, 0.25) is 0 Å². The largest absolute Gasteiger partial charge is 0.351 e. The Kier molecular flexibility index (Phi) is 6.21. The highest BCUT2D eigenvalue weighted by atomic mass is 16.8. The van der Waals surface area contributed by atoms with E-state index in [2.05, 4.69) is 15.6 Å². The molecule has 5 atom stereocenters. The fraction of sp³-hybridized carbons (Fsp3) is 0.643. The lowest BCUT2D eigenvalue weighted by Crippen LogP contribution is -2.57. The molecule has 2 saturated heterocycles. The summed E-state index contributed by atoms with van der Waals surface area (Å²) in [5.74, 6) is -1.15. The van der Waals surface area contributed by atoms with Crippen LogP contribution in [0.5, 0.6) is 0 Å². The van der Waals surface area contributed by atoms with Gasteiger partial charge in [-0.3, -0.25) is 9.59 Å². The molecule has 4 heterocycles. The summed E-state index contributed by atoms with van der Waals surface area (Å²) >= 11 is 0. The first-order valence-corrected chi connectivity index (χ1v) is 14.2. The molecular formula is C28H35N5O5. The smallest absolute Gasteiger partial charge is 0.274 e. The van der Waals surface area contributed by atoms with Crippen LogP contribution < -0.4 is 5.32 Å². The van der Waals surface area contributed by atoms with Crippen molar-refractivity contribution in [1.29, 1.82) is 0 Å². The average Bonchev–Trinajstić information content (AvgIpc) is 3.61. The zero-order valence-corrected chi connectivity index (χ0v) is 21.5. The predicted octanol–water partition coefficient (Wildman–Crippen LogP) is 3.09. The molecule has 1 spiro atoms. The van der Waals surface area contributed by atoms with Gasteiger partial charge in [-0.15, -0.1) is 5.10 Å². The van der Waals surface area contributed by atoms with Gasteiger partial charge in [-0.1, -0.05) is 61.2 Å². The molecule has 4 fully saturated rings. The Balaban J connectivity index is 1.26. The lowest BCUT2D eigenvalue weighted by molar-refractivity contribution is -0.244. The van der Waals surface area contributed by atoms with Gasteiger partial charge in [-0.2, -0.15) is 0 Å². The van der Waals surface area contributed by atoms with Crippen LogP contribution in [0.25, 0.3) is 0 Å². The van der Waals surface area contributed by atoms with Gasteiger partial charge < -0.3 is 24.4 Å². The van der Waals surface area contributed by atoms with Crippen molar-refractivity contribution in [3.05, 3.63) is 47.8 Å². The number of carbonyl (C=O) groups excluding carboxylic acids is 2. The Morgan fingerprint density at radius 1 is 1.00 bits per heavy atom. The van der Waals surface area contributed by atoms with E-state index in [0.717, 1.165) is 63.4 Å². The number of nitrogens with zero attached hydrogens (tertiary/aromatic N) is 4. The maximum absolute atomic E-state index is 14.1. The lowest BCUT2D eigenvalue weighted by atomic mass is 9.93. The SMILES string of the molecule is O=C(NC1CCCCC1)[C@H]1[C@H]2O[C@@H]3OC4(CCCCC4)O[C@@H]3[C@H]2n2nncc2C(=O)N1Cc1ccccc1. The molecule has 2 aromatic rings. The fourth-order valence-corrected chi connectivity index (χ4v) is 7.08. The van der Waals surface area contributed by atoms with E-state index < -0.39 is 36.4 Å². The maximum Gasteiger partial charge on any atom is 0.274 e. The van der Waals surface area contributed by atoms with E-state index in [4.69, 9.17) is 14.2 Å². The van der Waals surface area contributed by atoms with Gasteiger partial charge >= 0.3 is 0 Å². The van der Waals surface area contributed by atoms with Crippen molar-refractivity contribution < 1.29 is 23.8 Å². The van der Waals surface area contributed by atoms with Gasteiger partial charge in [0.05, 0.1) is 6.20 Å². The summed E-state index contributed by atoms with van der Waals surface area (Å²) in [7, 11) is 0. The Hall–Kier alpha value is -2.82. The van der Waals surface area contributed by atoms with Crippen molar-refractivity contribution in [2.24, 2.45) is 0 Å². The Morgan fingerprint density at radius 2 is 1.76 bits per heavy atom. The molecule has 7 rings (SSSR count). The summed E-state index contributed by atoms with van der Waals surface area (Å²) < 4.78 is 21.3. The van der Waals surface area contributed by atoms with E-state index in [9.17, 15) is 9.59 Å². The quantitative estimate of drug-likeness (QED) is 0.659. The normalized spacial score (nSPS) is 32.5. The summed E-state index contributed by atoms with van der Waals surface area (Å²) in [6.45, 7) is 0.265. The highest BCUT2D eigenvalue weighted by Crippen LogP contribution is 2.50. The number of aromatic nitrogens is 3. The second-order valence-corrected chi connectivity index (χ2v) is 11.4. The highest BCUT2D eigenvalue weighted by Gasteiger charge is 2.63. The molecule has 0 unspecified atom stereocenters. The van der Waals surface area contributed by atoms with E-state index >= 15 is 0 Å². The fourth-order valence-electron chi connectivity index (χ4n) is 7.08. The van der Waals surface area contributed by atoms with Gasteiger partial charge in [-0.25, -0.2) is 4.68 Å². The van der Waals surface area contributed by atoms with Gasteiger partial charge in [0.15, 0.2) is 12.1 Å². The van der Waals surface area contributed by atoms with Crippen molar-refractivity contribution >= 4 is 11.8 Å². The average molecular weight is 522 g/mol. The molecule has 1 aromatic carbocycles. The highest BCUT2D eigenvalue weighted by molar-refractivity contribution is 5.97. The van der Waals surface area contributed by atoms with E-state index in [1.807, 2.05) is 30.3 Å². The molecule has 0 bridgehead atoms. The summed E-state index contributed by atoms with van der Waals surface area (Å²) in [6.07, 6.45) is 9.84. The molecule has 0 radical (unpaired) electrons. The van der Waals surface area contributed by atoms with Gasteiger partial charge in [0.25, 0.3) is 5.91 Å². The Morgan fingerprint density at radius 3 is 2.55 bits per heavy atom. The maximum atomic E-state index is 14.1. The van der Waals surface area contributed by atoms with Crippen molar-refractivity contribution in [1.82, 2.24) is 25.2 Å². The number of hydrogen-bond donors (Lipinski definition) is 1. The molecular weight excluding hydrogens is 486 g/mol. The van der Waals surface area contributed by atoms with Crippen molar-refractivity contribution in [2.45, 2.75) is 113 Å². The number of ether oxygens (including phenoxy) is 3. The lowest BCUT2D eigenvalue weighted by Gasteiger charge is -2.37. The number of carbonyl (C=O) groups is 2. The minimum absolute atomic E-state index is 0.101. The van der Waals surface area contributed by atoms with Crippen LogP contribution in [-0.4, -0.2) is 68.1 Å². The Labute approximate surface area is 222 Å². The molecule has 1 N–H and O–H groups in total. The van der Waals surface area contributed by atoms with Crippen LogP contribution >= 0.6 is 0 Å². The van der Waals surface area contributed by atoms with Crippen molar-refractivity contribution in [3.63, 3.8) is 0 Å². The zero-order valence-electron chi connectivity index (χ0n) is 21.5. The number of hydrogen-bond acceptors (Lipinski definition) is 7. The second kappa shape index (κ2) is 9.73. The molecule has 5 aliphatic rings. The minimum Gasteiger partial charge on any atom is -0.351 e. The number of nitrogens with one attached hydrogen (secondary N) is 1. The molecule has 2 saturated carbocycles. The summed E-state index contributed by atoms with van der Waals surface area (Å²) in [5.41, 5.74) is 1.27. The molecule has 1 aromatic heterocycles. The summed E-state index contributed by atoms with van der Waals surface area (Å²) in [4.78, 5) is 29.8. The third-order valence-electron chi connectivity index (χ3n) is 8.93. The van der Waals surface area contributed by atoms with Crippen LogP contribution in [0, 0.1) is 0 Å². The van der Waals surface area contributed by atoms with Gasteiger partial charge in [0.2, 0.25) is 5.91 Å². The van der Waals surface area contributed by atoms with E-state index in [0.29, 0.717) is 5.69 Å². The topological polar surface area (TPSA) is 108 Å². The predicted molar refractivity (Wildman–Crippen MR) is 135 cm³/mol. The first-order valence-electron chi connectivity index (χ1n) is 14.2. The number of fused-ring (bicyclic) bond motifs is 5. The van der Waals surface area contributed by atoms with Crippen LogP contribution in [0.4, 0.5) is 0 Å². The third-order valence-corrected chi connectivity index (χ3v) is 8.93. The van der Waals surface area contributed by atoms with Crippen LogP contribution in [0.15, 0.2) is 36.5 Å². The summed E-state index contributed by atoms with van der Waals surface area (Å²) in [6, 6.07) is 8.46. The van der Waals surface area contributed by atoms with E-state index in [1.165, 1.54) is 12.6 Å². The first-order chi connectivity index (χ1) is 18.6. The molecule has 10 heteroatoms. The standard InChI is InChI=1S/C28H35N5O5/c34-25(30-19-12-6-2-7-13-19)22-23-21(24-27(36-23)38-28(37-24)14-8-3-9-15-28)33-20(16-29-31-33)26(35)32(22)17-18-10-4-1-5-11-18/h1,4-5,10-11,16,19,21-24,27H,2-3,6-9,12-15,17H2,(H,30,34)/t21-,22+,23-,24+,27+/m0/s1. The Bertz CT molecular complexity index is 1180. The van der Waals surface area contributed by atoms with Crippen molar-refractivity contribution in [2.75, 3.05) is 0 Å². The van der Waals surface area contributed by atoms with Gasteiger partial charge in [0.1, 0.15) is 30.0 Å². The van der Waals surface area contributed by atoms with Crippen molar-refractivity contribution in [3.8, 4) is 0 Å². The van der Waals surface area contributed by atoms with Gasteiger partial charge in [0, 0.05) is 25.4 Å². The molecule has 3 aliphatic heterocycles. The van der Waals surface area contributed by atoms with Crippen LogP contribution in [-0.2, 0) is 25.5 Å².